The summed E-state index contributed by atoms with van der Waals surface area (Å²) in [6, 6.07) is 6.25. The fourth-order valence-electron chi connectivity index (χ4n) is 5.36. The number of aliphatic hydroxyl groups excluding tert-OH is 1. The number of imidazole rings is 1. The number of carbonyl (C=O) groups is 2. The van der Waals surface area contributed by atoms with Gasteiger partial charge in [-0.3, -0.25) is 18.9 Å². The lowest BCUT2D eigenvalue weighted by Gasteiger charge is -2.37. The first-order valence-electron chi connectivity index (χ1n) is 13.8. The summed E-state index contributed by atoms with van der Waals surface area (Å²) in [6.07, 6.45) is 6.74. The van der Waals surface area contributed by atoms with Crippen LogP contribution < -0.4 is 14.8 Å². The Bertz CT molecular complexity index is 1410. The van der Waals surface area contributed by atoms with Gasteiger partial charge in [0.05, 0.1) is 38.3 Å². The molecule has 2 aromatic heterocycles. The summed E-state index contributed by atoms with van der Waals surface area (Å²) in [4.78, 5) is 31.4. The molecule has 5 rings (SSSR count). The molecule has 3 heterocycles. The molecule has 1 aliphatic carbocycles. The number of aliphatic hydroxyl groups is 1. The number of hydrogen-bond donors (Lipinski definition) is 2. The number of rotatable bonds is 11. The number of nitrogens with zero attached hydrogens (tertiary/aromatic N) is 3. The highest BCUT2D eigenvalue weighted by Gasteiger charge is 2.32. The summed E-state index contributed by atoms with van der Waals surface area (Å²) >= 11 is 0. The lowest BCUT2D eigenvalue weighted by Crippen LogP contribution is -2.46. The molecule has 0 radical (unpaired) electrons. The molecule has 12 heteroatoms. The fourth-order valence-corrected chi connectivity index (χ4v) is 5.36. The van der Waals surface area contributed by atoms with Gasteiger partial charge in [0.1, 0.15) is 22.7 Å². The van der Waals surface area contributed by atoms with Crippen LogP contribution in [0.2, 0.25) is 0 Å². The minimum atomic E-state index is -3.14. The van der Waals surface area contributed by atoms with Crippen molar-refractivity contribution in [1.82, 2.24) is 19.6 Å². The van der Waals surface area contributed by atoms with E-state index in [1.165, 1.54) is 13.2 Å². The van der Waals surface area contributed by atoms with Crippen LogP contribution in [0, 0.1) is 0 Å². The normalized spacial score (nSPS) is 18.3. The number of aromatic nitrogens is 2. The zero-order valence-corrected chi connectivity index (χ0v) is 23.0. The second-order valence-corrected chi connectivity index (χ2v) is 10.3. The SMILES string of the molecule is CCOC(=O)CN1CCCCC1C(O)c1ccn2c(-c3cc(OC)c(C(=O)NC4CC4)c(OC(F)F)c3)cnc2c1. The maximum atomic E-state index is 13.3. The number of amides is 1. The van der Waals surface area contributed by atoms with Crippen LogP contribution in [0.1, 0.15) is 61.1 Å². The minimum Gasteiger partial charge on any atom is -0.496 e. The van der Waals surface area contributed by atoms with E-state index >= 15 is 0 Å². The predicted molar refractivity (Wildman–Crippen MR) is 145 cm³/mol. The molecule has 1 aliphatic heterocycles. The van der Waals surface area contributed by atoms with Crippen molar-refractivity contribution in [1.29, 1.82) is 0 Å². The maximum absolute atomic E-state index is 13.3. The molecule has 1 saturated carbocycles. The van der Waals surface area contributed by atoms with E-state index in [1.807, 2.05) is 4.90 Å². The molecule has 2 atom stereocenters. The fraction of sp³-hybridized carbons (Fsp3) is 0.483. The van der Waals surface area contributed by atoms with Crippen LogP contribution in [0.15, 0.2) is 36.7 Å². The molecule has 2 aliphatic rings. The van der Waals surface area contributed by atoms with Crippen LogP contribution in [0.4, 0.5) is 8.78 Å². The van der Waals surface area contributed by atoms with Crippen molar-refractivity contribution in [3.63, 3.8) is 0 Å². The monoisotopic (exact) mass is 572 g/mol. The van der Waals surface area contributed by atoms with Gasteiger partial charge in [0.15, 0.2) is 0 Å². The van der Waals surface area contributed by atoms with Crippen LogP contribution in [0.5, 0.6) is 11.5 Å². The number of fused-ring (bicyclic) bond motifs is 1. The Balaban J connectivity index is 1.45. The van der Waals surface area contributed by atoms with Gasteiger partial charge in [-0.2, -0.15) is 8.78 Å². The number of carbonyl (C=O) groups excluding carboxylic acids is 2. The van der Waals surface area contributed by atoms with Gasteiger partial charge in [0, 0.05) is 23.8 Å². The van der Waals surface area contributed by atoms with Crippen molar-refractivity contribution >= 4 is 17.5 Å². The number of halogens is 2. The lowest BCUT2D eigenvalue weighted by molar-refractivity contribution is -0.146. The first kappa shape index (κ1) is 28.7. The van der Waals surface area contributed by atoms with E-state index in [2.05, 4.69) is 10.3 Å². The van der Waals surface area contributed by atoms with Gasteiger partial charge in [0.2, 0.25) is 0 Å². The van der Waals surface area contributed by atoms with E-state index in [4.69, 9.17) is 14.2 Å². The molecule has 0 bridgehead atoms. The number of alkyl halides is 2. The molecule has 2 fully saturated rings. The molecule has 220 valence electrons. The van der Waals surface area contributed by atoms with E-state index in [1.54, 1.807) is 41.9 Å². The van der Waals surface area contributed by atoms with Crippen molar-refractivity contribution in [3.8, 4) is 22.8 Å². The van der Waals surface area contributed by atoms with E-state index in [0.29, 0.717) is 35.6 Å². The highest BCUT2D eigenvalue weighted by Crippen LogP contribution is 2.37. The van der Waals surface area contributed by atoms with Crippen LogP contribution >= 0.6 is 0 Å². The number of esters is 1. The number of methoxy groups -OCH3 is 1. The zero-order valence-electron chi connectivity index (χ0n) is 23.0. The van der Waals surface area contributed by atoms with Gasteiger partial charge in [-0.1, -0.05) is 6.42 Å². The van der Waals surface area contributed by atoms with Crippen LogP contribution in [0.25, 0.3) is 16.9 Å². The maximum Gasteiger partial charge on any atom is 0.387 e. The Kier molecular flexibility index (Phi) is 8.69. The van der Waals surface area contributed by atoms with Crippen LogP contribution in [-0.2, 0) is 9.53 Å². The first-order valence-corrected chi connectivity index (χ1v) is 13.8. The topological polar surface area (TPSA) is 115 Å². The van der Waals surface area contributed by atoms with Crippen molar-refractivity contribution < 1.29 is 37.7 Å². The van der Waals surface area contributed by atoms with Crippen molar-refractivity contribution in [2.75, 3.05) is 26.8 Å². The highest BCUT2D eigenvalue weighted by atomic mass is 19.3. The van der Waals surface area contributed by atoms with Gasteiger partial charge in [0.25, 0.3) is 5.91 Å². The first-order chi connectivity index (χ1) is 19.8. The second-order valence-electron chi connectivity index (χ2n) is 10.3. The molecule has 3 aromatic rings. The summed E-state index contributed by atoms with van der Waals surface area (Å²) in [5.74, 6) is -1.06. The van der Waals surface area contributed by atoms with Crippen molar-refractivity contribution in [3.05, 3.63) is 47.8 Å². The Morgan fingerprint density at radius 2 is 1.95 bits per heavy atom. The van der Waals surface area contributed by atoms with E-state index < -0.39 is 18.6 Å². The lowest BCUT2D eigenvalue weighted by atomic mass is 9.93. The molecular formula is C29H34F2N4O6. The smallest absolute Gasteiger partial charge is 0.387 e. The highest BCUT2D eigenvalue weighted by molar-refractivity contribution is 6.01. The largest absolute Gasteiger partial charge is 0.496 e. The molecule has 1 saturated heterocycles. The van der Waals surface area contributed by atoms with Gasteiger partial charge >= 0.3 is 12.6 Å². The van der Waals surface area contributed by atoms with E-state index in [-0.39, 0.29) is 41.7 Å². The van der Waals surface area contributed by atoms with E-state index in [0.717, 1.165) is 32.1 Å². The molecule has 1 amide bonds. The summed E-state index contributed by atoms with van der Waals surface area (Å²) in [7, 11) is 1.36. The third-order valence-electron chi connectivity index (χ3n) is 7.48. The molecule has 10 nitrogen and oxygen atoms in total. The summed E-state index contributed by atoms with van der Waals surface area (Å²) in [5.41, 5.74) is 2.07. The Labute approximate surface area is 236 Å². The Morgan fingerprint density at radius 3 is 2.66 bits per heavy atom. The number of hydrogen-bond acceptors (Lipinski definition) is 8. The Hall–Kier alpha value is -3.77. The van der Waals surface area contributed by atoms with Crippen LogP contribution in [0.3, 0.4) is 0 Å². The quantitative estimate of drug-likeness (QED) is 0.332. The minimum absolute atomic E-state index is 0.0143. The summed E-state index contributed by atoms with van der Waals surface area (Å²) in [6.45, 7) is -0.272. The standard InChI is InChI=1S/C29H34F2N4O6/c1-3-40-25(36)16-34-10-5-4-6-20(34)27(37)17-9-11-35-21(15-32-24(35)14-17)18-12-22(39-2)26(23(13-18)41-29(30)31)28(38)33-19-7-8-19/h9,11-15,19-20,27,29,37H,3-8,10,16H2,1-2H3,(H,33,38). The van der Waals surface area contributed by atoms with Gasteiger partial charge < -0.3 is 24.6 Å². The third-order valence-corrected chi connectivity index (χ3v) is 7.48. The summed E-state index contributed by atoms with van der Waals surface area (Å²) in [5, 5.41) is 14.1. The summed E-state index contributed by atoms with van der Waals surface area (Å²) < 4.78 is 43.7. The van der Waals surface area contributed by atoms with Gasteiger partial charge in [-0.15, -0.1) is 0 Å². The third kappa shape index (κ3) is 6.43. The second kappa shape index (κ2) is 12.4. The number of nitrogens with one attached hydrogen (secondary N) is 1. The molecule has 1 aromatic carbocycles. The molecule has 41 heavy (non-hydrogen) atoms. The molecule has 0 spiro atoms. The van der Waals surface area contributed by atoms with Gasteiger partial charge in [-0.05, 0) is 69.0 Å². The zero-order chi connectivity index (χ0) is 29.1. The number of likely N-dealkylation sites (tertiary alicyclic amines) is 1. The number of piperidine rings is 1. The number of pyridine rings is 1. The molecule has 2 unspecified atom stereocenters. The average molecular weight is 573 g/mol. The predicted octanol–water partition coefficient (Wildman–Crippen LogP) is 3.95. The molecule has 2 N–H and O–H groups in total. The van der Waals surface area contributed by atoms with Crippen molar-refractivity contribution in [2.24, 2.45) is 0 Å². The van der Waals surface area contributed by atoms with Crippen LogP contribution in [-0.4, -0.2) is 76.8 Å². The van der Waals surface area contributed by atoms with Crippen molar-refractivity contribution in [2.45, 2.75) is 63.8 Å². The number of ether oxygens (including phenoxy) is 3. The van der Waals surface area contributed by atoms with Gasteiger partial charge in [-0.25, -0.2) is 4.98 Å². The number of benzene rings is 1. The Morgan fingerprint density at radius 1 is 1.17 bits per heavy atom. The molecular weight excluding hydrogens is 538 g/mol. The van der Waals surface area contributed by atoms with E-state index in [9.17, 15) is 23.5 Å². The average Bonchev–Trinajstić information content (AvgIpc) is 3.66.